The smallest absolute Gasteiger partial charge is 0.258 e. The van der Waals surface area contributed by atoms with Crippen LogP contribution in [-0.2, 0) is 0 Å². The Morgan fingerprint density at radius 2 is 2.25 bits per heavy atom. The lowest BCUT2D eigenvalue weighted by Gasteiger charge is -2.34. The van der Waals surface area contributed by atoms with E-state index >= 15 is 0 Å². The third-order valence-electron chi connectivity index (χ3n) is 3.68. The molecule has 1 heterocycles. The molecule has 1 aromatic carbocycles. The van der Waals surface area contributed by atoms with E-state index in [4.69, 9.17) is 0 Å². The fraction of sp³-hybridized carbons (Fsp3) is 0.533. The fourth-order valence-corrected chi connectivity index (χ4v) is 2.65. The molecule has 0 radical (unpaired) electrons. The van der Waals surface area contributed by atoms with Crippen LogP contribution in [0.5, 0.6) is 11.5 Å². The van der Waals surface area contributed by atoms with Crippen LogP contribution in [0.15, 0.2) is 18.2 Å². The van der Waals surface area contributed by atoms with Gasteiger partial charge in [0.1, 0.15) is 0 Å². The summed E-state index contributed by atoms with van der Waals surface area (Å²) in [6, 6.07) is 4.65. The molecule has 1 fully saturated rings. The molecular weight excluding hydrogens is 256 g/mol. The summed E-state index contributed by atoms with van der Waals surface area (Å²) in [6.07, 6.45) is 2.88. The number of piperidine rings is 1. The Balaban J connectivity index is 2.23. The van der Waals surface area contributed by atoms with E-state index in [9.17, 15) is 15.0 Å². The lowest BCUT2D eigenvalue weighted by Crippen LogP contribution is -2.49. The minimum atomic E-state index is -0.331. The number of benzene rings is 1. The van der Waals surface area contributed by atoms with E-state index in [1.54, 1.807) is 17.0 Å². The van der Waals surface area contributed by atoms with E-state index < -0.39 is 0 Å². The zero-order valence-electron chi connectivity index (χ0n) is 11.8. The Hall–Kier alpha value is -1.75. The summed E-state index contributed by atoms with van der Waals surface area (Å²) in [5.41, 5.74) is 0.170. The molecule has 1 saturated heterocycles. The second-order valence-electron chi connectivity index (χ2n) is 5.17. The molecule has 0 bridgehead atoms. The summed E-state index contributed by atoms with van der Waals surface area (Å²) in [7, 11) is 0. The molecule has 1 aliphatic rings. The van der Waals surface area contributed by atoms with Crippen molar-refractivity contribution < 1.29 is 15.0 Å². The standard InChI is InChI=1S/C15H22N2O3/c1-2-9-17(11-5-4-8-16-10-11)15(20)12-6-3-7-13(18)14(12)19/h3,6-7,11,16,18-19H,2,4-5,8-10H2,1H3. The maximum atomic E-state index is 12.6. The summed E-state index contributed by atoms with van der Waals surface area (Å²) in [5, 5.41) is 22.7. The lowest BCUT2D eigenvalue weighted by atomic mass is 10.0. The van der Waals surface area contributed by atoms with Gasteiger partial charge in [0.15, 0.2) is 11.5 Å². The largest absolute Gasteiger partial charge is 0.504 e. The third-order valence-corrected chi connectivity index (χ3v) is 3.68. The topological polar surface area (TPSA) is 72.8 Å². The van der Waals surface area contributed by atoms with Crippen LogP contribution in [0.1, 0.15) is 36.5 Å². The van der Waals surface area contributed by atoms with Crippen molar-refractivity contribution in [2.24, 2.45) is 0 Å². The van der Waals surface area contributed by atoms with Crippen molar-refractivity contribution >= 4 is 5.91 Å². The maximum Gasteiger partial charge on any atom is 0.258 e. The molecule has 3 N–H and O–H groups in total. The molecule has 0 aliphatic carbocycles. The Labute approximate surface area is 119 Å². The molecule has 1 amide bonds. The lowest BCUT2D eigenvalue weighted by molar-refractivity contribution is 0.0645. The number of phenolic OH excluding ortho intramolecular Hbond substituents is 2. The van der Waals surface area contributed by atoms with Crippen molar-refractivity contribution in [1.29, 1.82) is 0 Å². The number of carbonyl (C=O) groups is 1. The van der Waals surface area contributed by atoms with Gasteiger partial charge in [0.25, 0.3) is 5.91 Å². The molecule has 0 aromatic heterocycles. The first-order chi connectivity index (χ1) is 9.65. The highest BCUT2D eigenvalue weighted by atomic mass is 16.3. The number of para-hydroxylation sites is 1. The Morgan fingerprint density at radius 3 is 2.90 bits per heavy atom. The predicted octanol–water partition coefficient (Wildman–Crippen LogP) is 1.70. The zero-order chi connectivity index (χ0) is 14.5. The van der Waals surface area contributed by atoms with Crippen molar-refractivity contribution in [3.63, 3.8) is 0 Å². The number of phenols is 2. The van der Waals surface area contributed by atoms with Crippen molar-refractivity contribution in [3.05, 3.63) is 23.8 Å². The van der Waals surface area contributed by atoms with Crippen LogP contribution < -0.4 is 5.32 Å². The first-order valence-electron chi connectivity index (χ1n) is 7.17. The highest BCUT2D eigenvalue weighted by Crippen LogP contribution is 2.30. The van der Waals surface area contributed by atoms with Crippen LogP contribution in [0.4, 0.5) is 0 Å². The summed E-state index contributed by atoms with van der Waals surface area (Å²) in [6.45, 7) is 4.45. The number of amides is 1. The summed E-state index contributed by atoms with van der Waals surface area (Å²) in [4.78, 5) is 14.4. The van der Waals surface area contributed by atoms with Gasteiger partial charge in [-0.1, -0.05) is 13.0 Å². The summed E-state index contributed by atoms with van der Waals surface area (Å²) >= 11 is 0. The Morgan fingerprint density at radius 1 is 1.45 bits per heavy atom. The number of hydrogen-bond donors (Lipinski definition) is 3. The first-order valence-corrected chi connectivity index (χ1v) is 7.17. The molecule has 5 heteroatoms. The van der Waals surface area contributed by atoms with E-state index in [-0.39, 0.29) is 29.0 Å². The molecule has 1 unspecified atom stereocenters. The first kappa shape index (κ1) is 14.7. The minimum absolute atomic E-state index is 0.151. The SMILES string of the molecule is CCCN(C(=O)c1cccc(O)c1O)C1CCCNC1. The van der Waals surface area contributed by atoms with Gasteiger partial charge in [0, 0.05) is 19.1 Å². The number of nitrogens with zero attached hydrogens (tertiary/aromatic N) is 1. The molecule has 110 valence electrons. The molecule has 20 heavy (non-hydrogen) atoms. The van der Waals surface area contributed by atoms with E-state index in [1.807, 2.05) is 6.92 Å². The second kappa shape index (κ2) is 6.61. The third kappa shape index (κ3) is 3.04. The summed E-state index contributed by atoms with van der Waals surface area (Å²) in [5.74, 6) is -0.801. The normalized spacial score (nSPS) is 18.8. The zero-order valence-corrected chi connectivity index (χ0v) is 11.8. The second-order valence-corrected chi connectivity index (χ2v) is 5.17. The highest BCUT2D eigenvalue weighted by Gasteiger charge is 2.27. The van der Waals surface area contributed by atoms with Crippen LogP contribution >= 0.6 is 0 Å². The molecule has 1 aromatic rings. The summed E-state index contributed by atoms with van der Waals surface area (Å²) < 4.78 is 0. The molecular formula is C15H22N2O3. The van der Waals surface area contributed by atoms with Crippen LogP contribution in [0.2, 0.25) is 0 Å². The molecule has 2 rings (SSSR count). The Kier molecular flexibility index (Phi) is 4.84. The molecule has 0 spiro atoms. The van der Waals surface area contributed by atoms with Crippen molar-refractivity contribution in [3.8, 4) is 11.5 Å². The van der Waals surface area contributed by atoms with Gasteiger partial charge in [-0.25, -0.2) is 0 Å². The van der Waals surface area contributed by atoms with Crippen LogP contribution in [-0.4, -0.2) is 46.7 Å². The van der Waals surface area contributed by atoms with Crippen LogP contribution in [0.3, 0.4) is 0 Å². The van der Waals surface area contributed by atoms with Crippen LogP contribution in [0.25, 0.3) is 0 Å². The van der Waals surface area contributed by atoms with Crippen molar-refractivity contribution in [2.45, 2.75) is 32.2 Å². The van der Waals surface area contributed by atoms with Gasteiger partial charge in [-0.15, -0.1) is 0 Å². The van der Waals surface area contributed by atoms with Crippen molar-refractivity contribution in [1.82, 2.24) is 10.2 Å². The predicted molar refractivity (Wildman–Crippen MR) is 77.0 cm³/mol. The van der Waals surface area contributed by atoms with Gasteiger partial charge < -0.3 is 20.4 Å². The molecule has 0 saturated carbocycles. The average molecular weight is 278 g/mol. The number of rotatable bonds is 4. The average Bonchev–Trinajstić information content (AvgIpc) is 2.48. The minimum Gasteiger partial charge on any atom is -0.504 e. The van der Waals surface area contributed by atoms with E-state index in [0.717, 1.165) is 32.4 Å². The van der Waals surface area contributed by atoms with E-state index in [2.05, 4.69) is 5.32 Å². The van der Waals surface area contributed by atoms with Gasteiger partial charge >= 0.3 is 0 Å². The number of carbonyl (C=O) groups excluding carboxylic acids is 1. The quantitative estimate of drug-likeness (QED) is 0.733. The van der Waals surface area contributed by atoms with Crippen molar-refractivity contribution in [2.75, 3.05) is 19.6 Å². The molecule has 1 atom stereocenters. The van der Waals surface area contributed by atoms with Gasteiger partial charge in [-0.3, -0.25) is 4.79 Å². The number of nitrogens with one attached hydrogen (secondary N) is 1. The van der Waals surface area contributed by atoms with Gasteiger partial charge in [-0.05, 0) is 37.9 Å². The van der Waals surface area contributed by atoms with E-state index in [1.165, 1.54) is 6.07 Å². The fourth-order valence-electron chi connectivity index (χ4n) is 2.65. The van der Waals surface area contributed by atoms with Crippen LogP contribution in [0, 0.1) is 0 Å². The highest BCUT2D eigenvalue weighted by molar-refractivity contribution is 5.97. The number of aromatic hydroxyl groups is 2. The van der Waals surface area contributed by atoms with Gasteiger partial charge in [0.05, 0.1) is 5.56 Å². The maximum absolute atomic E-state index is 12.6. The van der Waals surface area contributed by atoms with Gasteiger partial charge in [0.2, 0.25) is 0 Å². The molecule has 5 nitrogen and oxygen atoms in total. The van der Waals surface area contributed by atoms with Gasteiger partial charge in [-0.2, -0.15) is 0 Å². The Bertz CT molecular complexity index is 470. The van der Waals surface area contributed by atoms with E-state index in [0.29, 0.717) is 6.54 Å². The monoisotopic (exact) mass is 278 g/mol. The molecule has 1 aliphatic heterocycles. The number of hydrogen-bond acceptors (Lipinski definition) is 4.